The van der Waals surface area contributed by atoms with Gasteiger partial charge in [-0.3, -0.25) is 4.90 Å². The van der Waals surface area contributed by atoms with E-state index in [0.717, 1.165) is 6.54 Å². The van der Waals surface area contributed by atoms with E-state index in [4.69, 9.17) is 5.73 Å². The van der Waals surface area contributed by atoms with E-state index in [1.807, 2.05) is 11.3 Å². The molecular formula is C11H20N2S. The highest BCUT2D eigenvalue weighted by molar-refractivity contribution is 7.12. The van der Waals surface area contributed by atoms with Crippen LogP contribution in [0.1, 0.15) is 29.2 Å². The zero-order valence-electron chi connectivity index (χ0n) is 9.50. The zero-order valence-corrected chi connectivity index (χ0v) is 10.3. The van der Waals surface area contributed by atoms with Crippen molar-refractivity contribution in [2.24, 2.45) is 5.73 Å². The molecule has 0 unspecified atom stereocenters. The molecule has 0 aliphatic rings. The van der Waals surface area contributed by atoms with Gasteiger partial charge >= 0.3 is 0 Å². The van der Waals surface area contributed by atoms with Crippen molar-refractivity contribution in [3.8, 4) is 0 Å². The fourth-order valence-electron chi connectivity index (χ4n) is 1.30. The van der Waals surface area contributed by atoms with Gasteiger partial charge in [-0.2, -0.15) is 0 Å². The molecule has 3 heteroatoms. The third kappa shape index (κ3) is 2.80. The fourth-order valence-corrected chi connectivity index (χ4v) is 2.23. The Bertz CT molecular complexity index is 291. The zero-order chi connectivity index (χ0) is 10.7. The van der Waals surface area contributed by atoms with Crippen molar-refractivity contribution < 1.29 is 0 Å². The number of nitrogens with two attached hydrogens (primary N) is 1. The lowest BCUT2D eigenvalue weighted by Gasteiger charge is -2.20. The van der Waals surface area contributed by atoms with Gasteiger partial charge in [0.15, 0.2) is 0 Å². The highest BCUT2D eigenvalue weighted by atomic mass is 32.1. The van der Waals surface area contributed by atoms with Crippen LogP contribution < -0.4 is 5.73 Å². The molecule has 0 amide bonds. The van der Waals surface area contributed by atoms with Crippen LogP contribution in [0.3, 0.4) is 0 Å². The van der Waals surface area contributed by atoms with Gasteiger partial charge in [0, 0.05) is 28.9 Å². The molecule has 0 aliphatic heterocycles. The van der Waals surface area contributed by atoms with Crippen molar-refractivity contribution >= 4 is 11.3 Å². The summed E-state index contributed by atoms with van der Waals surface area (Å²) >= 11 is 1.82. The molecule has 0 aliphatic carbocycles. The summed E-state index contributed by atoms with van der Waals surface area (Å²) in [6.45, 7) is 8.29. The van der Waals surface area contributed by atoms with Crippen LogP contribution in [-0.4, -0.2) is 18.0 Å². The van der Waals surface area contributed by atoms with E-state index in [2.05, 4.69) is 38.8 Å². The molecule has 0 bridgehead atoms. The summed E-state index contributed by atoms with van der Waals surface area (Å²) in [7, 11) is 2.16. The lowest BCUT2D eigenvalue weighted by Crippen LogP contribution is -2.25. The molecule has 0 atom stereocenters. The van der Waals surface area contributed by atoms with E-state index in [-0.39, 0.29) is 0 Å². The van der Waals surface area contributed by atoms with E-state index >= 15 is 0 Å². The fraction of sp³-hybridized carbons (Fsp3) is 0.636. The molecule has 2 N–H and O–H groups in total. The Labute approximate surface area is 90.7 Å². The Morgan fingerprint density at radius 1 is 1.50 bits per heavy atom. The molecule has 80 valence electrons. The first-order valence-electron chi connectivity index (χ1n) is 5.03. The molecule has 0 fully saturated rings. The monoisotopic (exact) mass is 212 g/mol. The Balaban J connectivity index is 2.71. The molecule has 0 radical (unpaired) electrons. The highest BCUT2D eigenvalue weighted by Gasteiger charge is 2.09. The van der Waals surface area contributed by atoms with Gasteiger partial charge in [0.2, 0.25) is 0 Å². The van der Waals surface area contributed by atoms with Crippen molar-refractivity contribution in [3.05, 3.63) is 21.4 Å². The lowest BCUT2D eigenvalue weighted by atomic mass is 10.2. The summed E-state index contributed by atoms with van der Waals surface area (Å²) in [5, 5.41) is 0. The van der Waals surface area contributed by atoms with Crippen molar-refractivity contribution in [3.63, 3.8) is 0 Å². The molecule has 2 nitrogen and oxygen atoms in total. The van der Waals surface area contributed by atoms with Crippen molar-refractivity contribution in [1.82, 2.24) is 4.90 Å². The predicted molar refractivity (Wildman–Crippen MR) is 63.6 cm³/mol. The van der Waals surface area contributed by atoms with Gasteiger partial charge < -0.3 is 5.73 Å². The third-order valence-electron chi connectivity index (χ3n) is 2.57. The maximum Gasteiger partial charge on any atom is 0.0274 e. The second-order valence-electron chi connectivity index (χ2n) is 4.01. The van der Waals surface area contributed by atoms with E-state index in [1.165, 1.54) is 15.3 Å². The summed E-state index contributed by atoms with van der Waals surface area (Å²) in [5.41, 5.74) is 7.04. The number of hydrogen-bond donors (Lipinski definition) is 1. The quantitative estimate of drug-likeness (QED) is 0.830. The average molecular weight is 212 g/mol. The Hall–Kier alpha value is -0.380. The van der Waals surface area contributed by atoms with Crippen molar-refractivity contribution in [2.75, 3.05) is 7.05 Å². The Morgan fingerprint density at radius 3 is 2.57 bits per heavy atom. The molecule has 0 spiro atoms. The minimum Gasteiger partial charge on any atom is -0.326 e. The van der Waals surface area contributed by atoms with Gasteiger partial charge in [-0.15, -0.1) is 11.3 Å². The minimum atomic E-state index is 0.593. The van der Waals surface area contributed by atoms with Gasteiger partial charge in [0.05, 0.1) is 0 Å². The van der Waals surface area contributed by atoms with Crippen LogP contribution in [0.4, 0.5) is 0 Å². The van der Waals surface area contributed by atoms with Crippen LogP contribution >= 0.6 is 11.3 Å². The molecule has 0 aromatic carbocycles. The number of nitrogens with zero attached hydrogens (tertiary/aromatic N) is 1. The van der Waals surface area contributed by atoms with Crippen LogP contribution in [0.25, 0.3) is 0 Å². The first-order valence-corrected chi connectivity index (χ1v) is 5.84. The van der Waals surface area contributed by atoms with Crippen LogP contribution in [0.2, 0.25) is 0 Å². The van der Waals surface area contributed by atoms with Crippen LogP contribution in [-0.2, 0) is 13.1 Å². The largest absolute Gasteiger partial charge is 0.326 e. The summed E-state index contributed by atoms with van der Waals surface area (Å²) in [4.78, 5) is 5.03. The summed E-state index contributed by atoms with van der Waals surface area (Å²) in [6.07, 6.45) is 0. The molecule has 0 saturated heterocycles. The molecular weight excluding hydrogens is 192 g/mol. The minimum absolute atomic E-state index is 0.593. The van der Waals surface area contributed by atoms with Gasteiger partial charge in [0.1, 0.15) is 0 Å². The standard InChI is InChI=1S/C11H20N2S/c1-8(2)13(4)7-10-5-11(6-12)14-9(10)3/h5,8H,6-7,12H2,1-4H3. The normalized spacial score (nSPS) is 11.6. The second kappa shape index (κ2) is 4.91. The number of aryl methyl sites for hydroxylation is 1. The first kappa shape index (κ1) is 11.7. The van der Waals surface area contributed by atoms with Gasteiger partial charge in [-0.1, -0.05) is 0 Å². The molecule has 1 aromatic heterocycles. The summed E-state index contributed by atoms with van der Waals surface area (Å²) in [5.74, 6) is 0. The van der Waals surface area contributed by atoms with E-state index < -0.39 is 0 Å². The SMILES string of the molecule is Cc1sc(CN)cc1CN(C)C(C)C. The molecule has 1 heterocycles. The summed E-state index contributed by atoms with van der Waals surface area (Å²) in [6, 6.07) is 2.83. The third-order valence-corrected chi connectivity index (χ3v) is 3.69. The first-order chi connectivity index (χ1) is 6.54. The van der Waals surface area contributed by atoms with E-state index in [1.54, 1.807) is 0 Å². The van der Waals surface area contributed by atoms with Crippen LogP contribution in [0.5, 0.6) is 0 Å². The maximum atomic E-state index is 5.62. The molecule has 1 aromatic rings. The Morgan fingerprint density at radius 2 is 2.14 bits per heavy atom. The Kier molecular flexibility index (Phi) is 4.11. The van der Waals surface area contributed by atoms with E-state index in [0.29, 0.717) is 12.6 Å². The topological polar surface area (TPSA) is 29.3 Å². The van der Waals surface area contributed by atoms with Gasteiger partial charge in [-0.05, 0) is 39.4 Å². The predicted octanol–water partition coefficient (Wildman–Crippen LogP) is 2.36. The average Bonchev–Trinajstić information content (AvgIpc) is 2.47. The number of hydrogen-bond acceptors (Lipinski definition) is 3. The maximum absolute atomic E-state index is 5.62. The van der Waals surface area contributed by atoms with E-state index in [9.17, 15) is 0 Å². The number of rotatable bonds is 4. The van der Waals surface area contributed by atoms with Crippen molar-refractivity contribution in [1.29, 1.82) is 0 Å². The van der Waals surface area contributed by atoms with Gasteiger partial charge in [-0.25, -0.2) is 0 Å². The molecule has 14 heavy (non-hydrogen) atoms. The van der Waals surface area contributed by atoms with Gasteiger partial charge in [0.25, 0.3) is 0 Å². The molecule has 0 saturated carbocycles. The number of thiophene rings is 1. The van der Waals surface area contributed by atoms with Crippen molar-refractivity contribution in [2.45, 2.75) is 39.9 Å². The smallest absolute Gasteiger partial charge is 0.0274 e. The summed E-state index contributed by atoms with van der Waals surface area (Å²) < 4.78 is 0. The van der Waals surface area contributed by atoms with Crippen LogP contribution in [0, 0.1) is 6.92 Å². The lowest BCUT2D eigenvalue weighted by molar-refractivity contribution is 0.265. The molecule has 1 rings (SSSR count). The van der Waals surface area contributed by atoms with Crippen LogP contribution in [0.15, 0.2) is 6.07 Å². The second-order valence-corrected chi connectivity index (χ2v) is 5.35. The highest BCUT2D eigenvalue weighted by Crippen LogP contribution is 2.22.